The standard InChI is InChI=1S/C14H19ClN2OS/c15-14-11-4-1-2-5-12(11)17-13(14)10-16-6-9-19-8-3-7-18/h1-2,4-5,16-18H,3,6-10H2. The normalized spacial score (nSPS) is 11.3. The number of aliphatic hydroxyl groups excluding tert-OH is 1. The SMILES string of the molecule is OCCCSCCNCc1[nH]c2ccccc2c1Cl. The molecule has 19 heavy (non-hydrogen) atoms. The zero-order chi connectivity index (χ0) is 13.5. The van der Waals surface area contributed by atoms with Crippen molar-refractivity contribution < 1.29 is 5.11 Å². The van der Waals surface area contributed by atoms with E-state index in [1.165, 1.54) is 0 Å². The molecule has 1 aromatic heterocycles. The van der Waals surface area contributed by atoms with Crippen LogP contribution in [0.3, 0.4) is 0 Å². The highest BCUT2D eigenvalue weighted by molar-refractivity contribution is 7.99. The molecule has 0 amide bonds. The Morgan fingerprint density at radius 3 is 2.89 bits per heavy atom. The molecular formula is C14H19ClN2OS. The Hall–Kier alpha value is -0.680. The van der Waals surface area contributed by atoms with E-state index in [0.29, 0.717) is 0 Å². The Balaban J connectivity index is 1.77. The molecule has 0 bridgehead atoms. The van der Waals surface area contributed by atoms with Gasteiger partial charge in [0.25, 0.3) is 0 Å². The molecule has 0 unspecified atom stereocenters. The van der Waals surface area contributed by atoms with E-state index in [2.05, 4.69) is 10.3 Å². The largest absolute Gasteiger partial charge is 0.396 e. The van der Waals surface area contributed by atoms with Crippen LogP contribution in [0.2, 0.25) is 5.02 Å². The maximum atomic E-state index is 8.67. The summed E-state index contributed by atoms with van der Waals surface area (Å²) >= 11 is 8.19. The summed E-state index contributed by atoms with van der Waals surface area (Å²) in [5, 5.41) is 13.9. The van der Waals surface area contributed by atoms with E-state index < -0.39 is 0 Å². The van der Waals surface area contributed by atoms with Crippen molar-refractivity contribution in [3.05, 3.63) is 35.0 Å². The lowest BCUT2D eigenvalue weighted by molar-refractivity contribution is 0.296. The average molecular weight is 299 g/mol. The number of halogens is 1. The minimum Gasteiger partial charge on any atom is -0.396 e. The number of aromatic amines is 1. The van der Waals surface area contributed by atoms with Gasteiger partial charge in [-0.1, -0.05) is 29.8 Å². The van der Waals surface area contributed by atoms with Gasteiger partial charge in [-0.2, -0.15) is 11.8 Å². The second-order valence-corrected chi connectivity index (χ2v) is 5.93. The minimum atomic E-state index is 0.283. The van der Waals surface area contributed by atoms with Gasteiger partial charge in [0, 0.05) is 42.0 Å². The number of aliphatic hydroxyl groups is 1. The van der Waals surface area contributed by atoms with Crippen molar-refractivity contribution in [1.82, 2.24) is 10.3 Å². The summed E-state index contributed by atoms with van der Waals surface area (Å²) in [7, 11) is 0. The number of hydrogen-bond acceptors (Lipinski definition) is 3. The van der Waals surface area contributed by atoms with Crippen molar-refractivity contribution in [3.8, 4) is 0 Å². The van der Waals surface area contributed by atoms with Crippen LogP contribution in [0, 0.1) is 0 Å². The van der Waals surface area contributed by atoms with Gasteiger partial charge in [0.05, 0.1) is 5.02 Å². The molecular weight excluding hydrogens is 280 g/mol. The summed E-state index contributed by atoms with van der Waals surface area (Å²) < 4.78 is 0. The molecule has 3 N–H and O–H groups in total. The number of para-hydroxylation sites is 1. The molecule has 104 valence electrons. The number of fused-ring (bicyclic) bond motifs is 1. The van der Waals surface area contributed by atoms with Crippen LogP contribution in [0.5, 0.6) is 0 Å². The molecule has 0 spiro atoms. The van der Waals surface area contributed by atoms with E-state index in [0.717, 1.165) is 52.6 Å². The smallest absolute Gasteiger partial charge is 0.0705 e. The van der Waals surface area contributed by atoms with E-state index in [9.17, 15) is 0 Å². The molecule has 0 saturated heterocycles. The lowest BCUT2D eigenvalue weighted by Crippen LogP contribution is -2.17. The van der Waals surface area contributed by atoms with E-state index in [1.54, 1.807) is 0 Å². The Kier molecular flexibility index (Phi) is 6.04. The molecule has 0 radical (unpaired) electrons. The lowest BCUT2D eigenvalue weighted by Gasteiger charge is -2.03. The Morgan fingerprint density at radius 1 is 1.26 bits per heavy atom. The Morgan fingerprint density at radius 2 is 2.11 bits per heavy atom. The van der Waals surface area contributed by atoms with Crippen LogP contribution in [0.15, 0.2) is 24.3 Å². The van der Waals surface area contributed by atoms with Crippen molar-refractivity contribution in [3.63, 3.8) is 0 Å². The van der Waals surface area contributed by atoms with Crippen molar-refractivity contribution >= 4 is 34.3 Å². The molecule has 1 heterocycles. The third kappa shape index (κ3) is 4.14. The fourth-order valence-corrected chi connectivity index (χ4v) is 3.02. The van der Waals surface area contributed by atoms with E-state index in [4.69, 9.17) is 16.7 Å². The average Bonchev–Trinajstić information content (AvgIpc) is 2.75. The molecule has 5 heteroatoms. The van der Waals surface area contributed by atoms with Gasteiger partial charge in [0.1, 0.15) is 0 Å². The molecule has 0 aliphatic heterocycles. The molecule has 3 nitrogen and oxygen atoms in total. The van der Waals surface area contributed by atoms with E-state index in [1.807, 2.05) is 36.0 Å². The lowest BCUT2D eigenvalue weighted by atomic mass is 10.2. The molecule has 0 aliphatic rings. The summed E-state index contributed by atoms with van der Waals surface area (Å²) in [5.74, 6) is 2.07. The van der Waals surface area contributed by atoms with E-state index >= 15 is 0 Å². The zero-order valence-electron chi connectivity index (χ0n) is 10.8. The third-order valence-corrected chi connectivity index (χ3v) is 4.39. The summed E-state index contributed by atoms with van der Waals surface area (Å²) in [4.78, 5) is 3.34. The van der Waals surface area contributed by atoms with Gasteiger partial charge in [0.15, 0.2) is 0 Å². The predicted octanol–water partition coefficient (Wildman–Crippen LogP) is 3.03. The zero-order valence-corrected chi connectivity index (χ0v) is 12.4. The first kappa shape index (κ1) is 14.7. The molecule has 2 rings (SSSR count). The Labute approximate surface area is 122 Å². The fraction of sp³-hybridized carbons (Fsp3) is 0.429. The van der Waals surface area contributed by atoms with Gasteiger partial charge in [0.2, 0.25) is 0 Å². The first-order valence-electron chi connectivity index (χ1n) is 6.47. The second-order valence-electron chi connectivity index (χ2n) is 4.33. The highest BCUT2D eigenvalue weighted by Crippen LogP contribution is 2.26. The molecule has 0 fully saturated rings. The van der Waals surface area contributed by atoms with Gasteiger partial charge in [-0.05, 0) is 18.2 Å². The highest BCUT2D eigenvalue weighted by atomic mass is 35.5. The number of hydrogen-bond donors (Lipinski definition) is 3. The maximum Gasteiger partial charge on any atom is 0.0705 e. The Bertz CT molecular complexity index is 515. The molecule has 0 aliphatic carbocycles. The fourth-order valence-electron chi connectivity index (χ4n) is 1.91. The van der Waals surface area contributed by atoms with Crippen LogP contribution in [-0.4, -0.2) is 34.7 Å². The predicted molar refractivity (Wildman–Crippen MR) is 84.0 cm³/mol. The molecule has 1 aromatic carbocycles. The van der Waals surface area contributed by atoms with Crippen LogP contribution in [0.1, 0.15) is 12.1 Å². The summed E-state index contributed by atoms with van der Waals surface area (Å²) in [6.45, 7) is 1.99. The second kappa shape index (κ2) is 7.80. The van der Waals surface area contributed by atoms with E-state index in [-0.39, 0.29) is 6.61 Å². The molecule has 2 aromatic rings. The van der Waals surface area contributed by atoms with Crippen LogP contribution in [-0.2, 0) is 6.54 Å². The number of rotatable bonds is 8. The summed E-state index contributed by atoms with van der Waals surface area (Å²) in [5.41, 5.74) is 2.13. The van der Waals surface area contributed by atoms with Gasteiger partial charge >= 0.3 is 0 Å². The summed E-state index contributed by atoms with van der Waals surface area (Å²) in [6, 6.07) is 8.07. The van der Waals surface area contributed by atoms with Gasteiger partial charge < -0.3 is 15.4 Å². The van der Waals surface area contributed by atoms with Crippen LogP contribution < -0.4 is 5.32 Å². The van der Waals surface area contributed by atoms with Crippen LogP contribution in [0.4, 0.5) is 0 Å². The van der Waals surface area contributed by atoms with Gasteiger partial charge in [-0.3, -0.25) is 0 Å². The number of H-pyrrole nitrogens is 1. The minimum absolute atomic E-state index is 0.283. The van der Waals surface area contributed by atoms with Crippen molar-refractivity contribution in [2.45, 2.75) is 13.0 Å². The number of nitrogens with one attached hydrogen (secondary N) is 2. The number of thioether (sulfide) groups is 1. The molecule has 0 atom stereocenters. The van der Waals surface area contributed by atoms with Gasteiger partial charge in [-0.25, -0.2) is 0 Å². The molecule has 0 saturated carbocycles. The topological polar surface area (TPSA) is 48.0 Å². The van der Waals surface area contributed by atoms with Crippen molar-refractivity contribution in [1.29, 1.82) is 0 Å². The number of aromatic nitrogens is 1. The van der Waals surface area contributed by atoms with Crippen LogP contribution >= 0.6 is 23.4 Å². The van der Waals surface area contributed by atoms with Crippen molar-refractivity contribution in [2.24, 2.45) is 0 Å². The van der Waals surface area contributed by atoms with Gasteiger partial charge in [-0.15, -0.1) is 0 Å². The quantitative estimate of drug-likeness (QED) is 0.657. The highest BCUT2D eigenvalue weighted by Gasteiger charge is 2.07. The van der Waals surface area contributed by atoms with Crippen molar-refractivity contribution in [2.75, 3.05) is 24.7 Å². The first-order chi connectivity index (χ1) is 9.33. The number of benzene rings is 1. The summed E-state index contributed by atoms with van der Waals surface area (Å²) in [6.07, 6.45) is 0.874. The third-order valence-electron chi connectivity index (χ3n) is 2.89. The monoisotopic (exact) mass is 298 g/mol. The maximum absolute atomic E-state index is 8.67. The van der Waals surface area contributed by atoms with Crippen LogP contribution in [0.25, 0.3) is 10.9 Å². The first-order valence-corrected chi connectivity index (χ1v) is 8.00.